The van der Waals surface area contributed by atoms with Gasteiger partial charge in [0.25, 0.3) is 0 Å². The molecule has 1 aromatic carbocycles. The molecular weight excluding hydrogens is 222 g/mol. The molecule has 0 aliphatic heterocycles. The van der Waals surface area contributed by atoms with Crippen LogP contribution in [0.15, 0.2) is 36.5 Å². The van der Waals surface area contributed by atoms with E-state index in [1.54, 1.807) is 0 Å². The van der Waals surface area contributed by atoms with Gasteiger partial charge in [-0.05, 0) is 23.1 Å². The van der Waals surface area contributed by atoms with E-state index in [9.17, 15) is 0 Å². The van der Waals surface area contributed by atoms with Crippen LogP contribution >= 0.6 is 0 Å². The maximum atomic E-state index is 4.33. The number of nitrogens with one attached hydrogen (secondary N) is 1. The molecule has 2 rings (SSSR count). The Hall–Kier alpha value is -1.61. The van der Waals surface area contributed by atoms with Crippen LogP contribution in [0.25, 0.3) is 0 Å². The Bertz CT molecular complexity index is 483. The zero-order chi connectivity index (χ0) is 13.0. The van der Waals surface area contributed by atoms with Crippen LogP contribution in [0.3, 0.4) is 0 Å². The molecule has 0 aliphatic rings. The second-order valence-corrected chi connectivity index (χ2v) is 4.98. The van der Waals surface area contributed by atoms with Gasteiger partial charge in [-0.25, -0.2) is 0 Å². The zero-order valence-electron chi connectivity index (χ0n) is 11.4. The van der Waals surface area contributed by atoms with Crippen LogP contribution in [0.5, 0.6) is 0 Å². The smallest absolute Gasteiger partial charge is 0.0762 e. The molecule has 0 saturated carbocycles. The summed E-state index contributed by atoms with van der Waals surface area (Å²) in [4.78, 5) is 0. The van der Waals surface area contributed by atoms with Crippen LogP contribution in [-0.4, -0.2) is 9.78 Å². The van der Waals surface area contributed by atoms with Crippen molar-refractivity contribution in [3.8, 4) is 0 Å². The van der Waals surface area contributed by atoms with Gasteiger partial charge in [0, 0.05) is 26.3 Å². The van der Waals surface area contributed by atoms with E-state index in [-0.39, 0.29) is 0 Å². The first-order valence-electron chi connectivity index (χ1n) is 6.43. The molecule has 0 saturated heterocycles. The number of nitrogens with zero attached hydrogens (tertiary/aromatic N) is 2. The number of benzene rings is 1. The Labute approximate surface area is 109 Å². The van der Waals surface area contributed by atoms with Crippen molar-refractivity contribution in [2.24, 2.45) is 7.05 Å². The average Bonchev–Trinajstić information content (AvgIpc) is 2.76. The summed E-state index contributed by atoms with van der Waals surface area (Å²) >= 11 is 0. The Morgan fingerprint density at radius 1 is 1.11 bits per heavy atom. The molecule has 18 heavy (non-hydrogen) atoms. The van der Waals surface area contributed by atoms with Crippen molar-refractivity contribution in [1.82, 2.24) is 15.1 Å². The van der Waals surface area contributed by atoms with Gasteiger partial charge in [-0.2, -0.15) is 5.10 Å². The lowest BCUT2D eigenvalue weighted by Crippen LogP contribution is -2.13. The first kappa shape index (κ1) is 12.8. The second kappa shape index (κ2) is 5.83. The highest BCUT2D eigenvalue weighted by Gasteiger charge is 2.00. The summed E-state index contributed by atoms with van der Waals surface area (Å²) in [6, 6.07) is 10.8. The van der Waals surface area contributed by atoms with Gasteiger partial charge in [0.2, 0.25) is 0 Å². The molecule has 2 aromatic rings. The Kier molecular flexibility index (Phi) is 4.15. The molecule has 0 bridgehead atoms. The molecular formula is C15H21N3. The SMILES string of the molecule is CC(C)c1ccc(CNCc2ccn(C)n2)cc1. The number of aryl methyl sites for hydroxylation is 1. The van der Waals surface area contributed by atoms with Crippen molar-refractivity contribution in [2.45, 2.75) is 32.9 Å². The van der Waals surface area contributed by atoms with Crippen LogP contribution in [-0.2, 0) is 20.1 Å². The van der Waals surface area contributed by atoms with E-state index in [4.69, 9.17) is 0 Å². The third-order valence-corrected chi connectivity index (χ3v) is 3.05. The van der Waals surface area contributed by atoms with Crippen LogP contribution < -0.4 is 5.32 Å². The molecule has 1 heterocycles. The van der Waals surface area contributed by atoms with E-state index in [0.717, 1.165) is 18.8 Å². The van der Waals surface area contributed by atoms with Crippen molar-refractivity contribution < 1.29 is 0 Å². The molecule has 0 atom stereocenters. The molecule has 0 fully saturated rings. The highest BCUT2D eigenvalue weighted by atomic mass is 15.3. The summed E-state index contributed by atoms with van der Waals surface area (Å²) in [5.74, 6) is 0.598. The summed E-state index contributed by atoms with van der Waals surface area (Å²) < 4.78 is 1.83. The third-order valence-electron chi connectivity index (χ3n) is 3.05. The maximum Gasteiger partial charge on any atom is 0.0762 e. The van der Waals surface area contributed by atoms with Gasteiger partial charge in [0.1, 0.15) is 0 Å². The lowest BCUT2D eigenvalue weighted by atomic mass is 10.0. The largest absolute Gasteiger partial charge is 0.307 e. The summed E-state index contributed by atoms with van der Waals surface area (Å²) in [6.07, 6.45) is 1.97. The van der Waals surface area contributed by atoms with Crippen molar-refractivity contribution in [2.75, 3.05) is 0 Å². The Morgan fingerprint density at radius 2 is 1.83 bits per heavy atom. The van der Waals surface area contributed by atoms with Gasteiger partial charge in [0.15, 0.2) is 0 Å². The molecule has 1 N–H and O–H groups in total. The van der Waals surface area contributed by atoms with Crippen molar-refractivity contribution in [3.05, 3.63) is 53.3 Å². The summed E-state index contributed by atoms with van der Waals surface area (Å²) in [5, 5.41) is 7.74. The molecule has 1 aromatic heterocycles. The van der Waals surface area contributed by atoms with E-state index in [1.807, 2.05) is 24.0 Å². The number of rotatable bonds is 5. The van der Waals surface area contributed by atoms with Crippen molar-refractivity contribution in [3.63, 3.8) is 0 Å². The van der Waals surface area contributed by atoms with Crippen LogP contribution in [0, 0.1) is 0 Å². The van der Waals surface area contributed by atoms with Crippen LogP contribution in [0.1, 0.15) is 36.6 Å². The fourth-order valence-electron chi connectivity index (χ4n) is 1.91. The monoisotopic (exact) mass is 243 g/mol. The second-order valence-electron chi connectivity index (χ2n) is 4.98. The van der Waals surface area contributed by atoms with E-state index < -0.39 is 0 Å². The van der Waals surface area contributed by atoms with Crippen LogP contribution in [0.4, 0.5) is 0 Å². The first-order chi connectivity index (χ1) is 8.65. The van der Waals surface area contributed by atoms with Crippen molar-refractivity contribution >= 4 is 0 Å². The van der Waals surface area contributed by atoms with Gasteiger partial charge in [-0.15, -0.1) is 0 Å². The lowest BCUT2D eigenvalue weighted by Gasteiger charge is -2.07. The van der Waals surface area contributed by atoms with Crippen molar-refractivity contribution in [1.29, 1.82) is 0 Å². The van der Waals surface area contributed by atoms with E-state index in [1.165, 1.54) is 11.1 Å². The van der Waals surface area contributed by atoms with Gasteiger partial charge >= 0.3 is 0 Å². The minimum atomic E-state index is 0.598. The molecule has 3 nitrogen and oxygen atoms in total. The molecule has 0 aliphatic carbocycles. The van der Waals surface area contributed by atoms with E-state index in [0.29, 0.717) is 5.92 Å². The Morgan fingerprint density at radius 3 is 2.39 bits per heavy atom. The molecule has 0 spiro atoms. The van der Waals surface area contributed by atoms with E-state index in [2.05, 4.69) is 48.5 Å². The zero-order valence-corrected chi connectivity index (χ0v) is 11.4. The highest BCUT2D eigenvalue weighted by molar-refractivity contribution is 5.24. The minimum absolute atomic E-state index is 0.598. The number of hydrogen-bond donors (Lipinski definition) is 1. The minimum Gasteiger partial charge on any atom is -0.307 e. The highest BCUT2D eigenvalue weighted by Crippen LogP contribution is 2.14. The third kappa shape index (κ3) is 3.44. The molecule has 96 valence electrons. The quantitative estimate of drug-likeness (QED) is 0.875. The normalized spacial score (nSPS) is 11.1. The molecule has 3 heteroatoms. The number of hydrogen-bond acceptors (Lipinski definition) is 2. The van der Waals surface area contributed by atoms with Gasteiger partial charge in [-0.3, -0.25) is 4.68 Å². The average molecular weight is 243 g/mol. The van der Waals surface area contributed by atoms with Gasteiger partial charge in [0.05, 0.1) is 5.69 Å². The summed E-state index contributed by atoms with van der Waals surface area (Å²) in [7, 11) is 1.94. The predicted octanol–water partition coefficient (Wildman–Crippen LogP) is 2.83. The lowest BCUT2D eigenvalue weighted by molar-refractivity contribution is 0.656. The fraction of sp³-hybridized carbons (Fsp3) is 0.400. The standard InChI is InChI=1S/C15H21N3/c1-12(2)14-6-4-13(5-7-14)10-16-11-15-8-9-18(3)17-15/h4-9,12,16H,10-11H2,1-3H3. The summed E-state index contributed by atoms with van der Waals surface area (Å²) in [5.41, 5.74) is 3.79. The molecule has 0 amide bonds. The van der Waals surface area contributed by atoms with Crippen LogP contribution in [0.2, 0.25) is 0 Å². The predicted molar refractivity (Wildman–Crippen MR) is 74.3 cm³/mol. The first-order valence-corrected chi connectivity index (χ1v) is 6.43. The number of aromatic nitrogens is 2. The van der Waals surface area contributed by atoms with Gasteiger partial charge < -0.3 is 5.32 Å². The topological polar surface area (TPSA) is 29.9 Å². The van der Waals surface area contributed by atoms with E-state index >= 15 is 0 Å². The Balaban J connectivity index is 1.83. The van der Waals surface area contributed by atoms with Gasteiger partial charge in [-0.1, -0.05) is 38.1 Å². The molecule has 0 unspecified atom stereocenters. The fourth-order valence-corrected chi connectivity index (χ4v) is 1.91. The molecule has 0 radical (unpaired) electrons. The summed E-state index contributed by atoms with van der Waals surface area (Å²) in [6.45, 7) is 6.13. The maximum absolute atomic E-state index is 4.33.